The second-order valence-corrected chi connectivity index (χ2v) is 8.05. The minimum absolute atomic E-state index is 0.133. The van der Waals surface area contributed by atoms with Crippen LogP contribution in [0.15, 0.2) is 41.1 Å². The van der Waals surface area contributed by atoms with Crippen molar-refractivity contribution in [2.75, 3.05) is 26.2 Å². The van der Waals surface area contributed by atoms with Crippen LogP contribution in [0.5, 0.6) is 10.9 Å². The van der Waals surface area contributed by atoms with E-state index in [1.54, 1.807) is 19.3 Å². The minimum Gasteiger partial charge on any atom is -0.483 e. The monoisotopic (exact) mass is 455 g/mol. The number of nitrogens with zero attached hydrogens (tertiary/aromatic N) is 5. The first-order valence-electron chi connectivity index (χ1n) is 9.89. The Morgan fingerprint density at radius 2 is 2.06 bits per heavy atom. The number of carbonyl (C=O) groups excluding carboxylic acids is 1. The molecule has 5 rings (SSSR count). The van der Waals surface area contributed by atoms with Crippen molar-refractivity contribution in [1.82, 2.24) is 24.8 Å². The van der Waals surface area contributed by atoms with Gasteiger partial charge in [-0.3, -0.25) is 14.5 Å². The highest BCUT2D eigenvalue weighted by atomic mass is 32.1. The number of furan rings is 1. The molecule has 0 saturated carbocycles. The fraction of sp³-hybridized carbons (Fsp3) is 0.286. The number of carbonyl (C=O) groups is 2. The van der Waals surface area contributed by atoms with Crippen LogP contribution in [0.3, 0.4) is 0 Å². The van der Waals surface area contributed by atoms with Gasteiger partial charge in [0, 0.05) is 51.4 Å². The van der Waals surface area contributed by atoms with Gasteiger partial charge >= 0.3 is 0 Å². The van der Waals surface area contributed by atoms with Gasteiger partial charge in [0.2, 0.25) is 5.91 Å². The van der Waals surface area contributed by atoms with Gasteiger partial charge in [0.15, 0.2) is 17.0 Å². The lowest BCUT2D eigenvalue weighted by Crippen LogP contribution is -2.47. The molecule has 0 aliphatic carbocycles. The molecule has 0 aromatic carbocycles. The van der Waals surface area contributed by atoms with Crippen LogP contribution in [0.1, 0.15) is 12.7 Å². The van der Waals surface area contributed by atoms with Crippen molar-refractivity contribution in [3.05, 3.63) is 42.4 Å². The number of hydrogen-bond donors (Lipinski definition) is 1. The summed E-state index contributed by atoms with van der Waals surface area (Å²) in [6.07, 6.45) is 3.39. The molecule has 0 bridgehead atoms. The zero-order valence-corrected chi connectivity index (χ0v) is 18.1. The molecular weight excluding hydrogens is 434 g/mol. The van der Waals surface area contributed by atoms with Crippen molar-refractivity contribution < 1.29 is 23.8 Å². The summed E-state index contributed by atoms with van der Waals surface area (Å²) in [6.45, 7) is 5.24. The fourth-order valence-electron chi connectivity index (χ4n) is 3.42. The average molecular weight is 455 g/mol. The largest absolute Gasteiger partial charge is 0.483 e. The summed E-state index contributed by atoms with van der Waals surface area (Å²) in [7, 11) is 0. The number of ether oxygens (including phenoxy) is 1. The second-order valence-electron chi connectivity index (χ2n) is 7.06. The van der Waals surface area contributed by atoms with Gasteiger partial charge < -0.3 is 19.2 Å². The van der Waals surface area contributed by atoms with Gasteiger partial charge in [0.25, 0.3) is 11.7 Å². The molecule has 32 heavy (non-hydrogen) atoms. The van der Waals surface area contributed by atoms with Gasteiger partial charge in [0.05, 0.1) is 17.4 Å². The van der Waals surface area contributed by atoms with Crippen molar-refractivity contribution in [2.45, 2.75) is 13.5 Å². The van der Waals surface area contributed by atoms with Crippen molar-refractivity contribution >= 4 is 45.2 Å². The van der Waals surface area contributed by atoms with Crippen LogP contribution in [0.4, 0.5) is 0 Å². The molecule has 1 amide bonds. The Bertz CT molecular complexity index is 1200. The molecule has 1 aliphatic rings. The third kappa shape index (κ3) is 5.01. The number of fused-ring (bicyclic) bond motifs is 2. The maximum atomic E-state index is 11.5. The Labute approximate surface area is 187 Å². The predicted octanol–water partition coefficient (Wildman–Crippen LogP) is 2.99. The molecule has 0 atom stereocenters. The zero-order valence-electron chi connectivity index (χ0n) is 17.3. The van der Waals surface area contributed by atoms with E-state index in [2.05, 4.69) is 19.9 Å². The molecule has 4 aromatic heterocycles. The Hall–Kier alpha value is -3.57. The molecule has 0 unspecified atom stereocenters. The minimum atomic E-state index is -0.250. The highest BCUT2D eigenvalue weighted by molar-refractivity contribution is 7.20. The van der Waals surface area contributed by atoms with Crippen LogP contribution in [-0.4, -0.2) is 68.4 Å². The molecular formula is C21H21N5O5S. The summed E-state index contributed by atoms with van der Waals surface area (Å²) in [5.74, 6) is 1.56. The van der Waals surface area contributed by atoms with Crippen molar-refractivity contribution in [1.29, 1.82) is 0 Å². The van der Waals surface area contributed by atoms with Crippen LogP contribution in [-0.2, 0) is 16.1 Å². The van der Waals surface area contributed by atoms with Crippen molar-refractivity contribution in [2.24, 2.45) is 0 Å². The molecule has 10 nitrogen and oxygen atoms in total. The van der Waals surface area contributed by atoms with Gasteiger partial charge in [0.1, 0.15) is 11.3 Å². The quantitative estimate of drug-likeness (QED) is 0.463. The molecule has 0 spiro atoms. The number of hydrogen-bond acceptors (Lipinski definition) is 9. The molecule has 1 saturated heterocycles. The van der Waals surface area contributed by atoms with Gasteiger partial charge in [-0.05, 0) is 12.1 Å². The van der Waals surface area contributed by atoms with E-state index in [-0.39, 0.29) is 12.4 Å². The SMILES string of the molecule is CC(=O)N1CCN(Cc2cc3ncc(Oc4nc5ncccc5s4)cc3o2)CC1.O=CO. The Morgan fingerprint density at radius 3 is 2.78 bits per heavy atom. The summed E-state index contributed by atoms with van der Waals surface area (Å²) in [4.78, 5) is 37.0. The van der Waals surface area contributed by atoms with Crippen LogP contribution in [0.25, 0.3) is 21.4 Å². The van der Waals surface area contributed by atoms with Crippen LogP contribution >= 0.6 is 11.3 Å². The lowest BCUT2D eigenvalue weighted by atomic mass is 10.3. The van der Waals surface area contributed by atoms with Gasteiger partial charge in [-0.2, -0.15) is 4.98 Å². The van der Waals surface area contributed by atoms with E-state index in [0.717, 1.165) is 42.2 Å². The van der Waals surface area contributed by atoms with Gasteiger partial charge in [-0.15, -0.1) is 0 Å². The normalized spacial score (nSPS) is 14.2. The van der Waals surface area contributed by atoms with E-state index in [1.807, 2.05) is 29.2 Å². The Kier molecular flexibility index (Phi) is 6.57. The highest BCUT2D eigenvalue weighted by Crippen LogP contribution is 2.31. The molecule has 1 fully saturated rings. The number of piperazine rings is 1. The molecule has 1 aliphatic heterocycles. The smallest absolute Gasteiger partial charge is 0.290 e. The average Bonchev–Trinajstić information content (AvgIpc) is 3.37. The van der Waals surface area contributed by atoms with E-state index in [0.29, 0.717) is 28.7 Å². The van der Waals surface area contributed by atoms with Crippen LogP contribution < -0.4 is 4.74 Å². The standard InChI is InChI=1S/C20H19N5O3S.CH2O2/c1-13(26)25-7-5-24(6-8-25)12-15-9-16-17(27-15)10-14(11-22-16)28-20-23-19-18(29-20)3-2-4-21-19;2-1-3/h2-4,9-11H,5-8,12H2,1H3;1H,(H,2,3). The van der Waals surface area contributed by atoms with Crippen LogP contribution in [0, 0.1) is 0 Å². The number of aromatic nitrogens is 3. The van der Waals surface area contributed by atoms with E-state index in [1.165, 1.54) is 11.3 Å². The summed E-state index contributed by atoms with van der Waals surface area (Å²) < 4.78 is 12.8. The lowest BCUT2D eigenvalue weighted by molar-refractivity contribution is -0.130. The topological polar surface area (TPSA) is 122 Å². The molecule has 11 heteroatoms. The number of rotatable bonds is 4. The molecule has 0 radical (unpaired) electrons. The fourth-order valence-corrected chi connectivity index (χ4v) is 4.21. The lowest BCUT2D eigenvalue weighted by Gasteiger charge is -2.33. The van der Waals surface area contributed by atoms with E-state index >= 15 is 0 Å². The van der Waals surface area contributed by atoms with Gasteiger partial charge in [-0.1, -0.05) is 11.3 Å². The molecule has 1 N–H and O–H groups in total. The first-order chi connectivity index (χ1) is 15.6. The third-order valence-corrected chi connectivity index (χ3v) is 5.83. The second kappa shape index (κ2) is 9.71. The summed E-state index contributed by atoms with van der Waals surface area (Å²) in [5.41, 5.74) is 2.14. The summed E-state index contributed by atoms with van der Waals surface area (Å²) in [5, 5.41) is 7.41. The van der Waals surface area contributed by atoms with Crippen molar-refractivity contribution in [3.8, 4) is 10.9 Å². The Morgan fingerprint density at radius 1 is 1.28 bits per heavy atom. The molecule has 5 heterocycles. The molecule has 166 valence electrons. The van der Waals surface area contributed by atoms with Crippen molar-refractivity contribution in [3.63, 3.8) is 0 Å². The number of carboxylic acid groups (broad SMARTS) is 1. The Balaban J connectivity index is 0.000000775. The maximum Gasteiger partial charge on any atom is 0.290 e. The van der Waals surface area contributed by atoms with E-state index < -0.39 is 0 Å². The first-order valence-corrected chi connectivity index (χ1v) is 10.7. The van der Waals surface area contributed by atoms with E-state index in [4.69, 9.17) is 19.1 Å². The number of pyridine rings is 2. The zero-order chi connectivity index (χ0) is 22.5. The number of amides is 1. The van der Waals surface area contributed by atoms with E-state index in [9.17, 15) is 4.79 Å². The highest BCUT2D eigenvalue weighted by Gasteiger charge is 2.20. The first kappa shape index (κ1) is 21.7. The predicted molar refractivity (Wildman–Crippen MR) is 118 cm³/mol. The summed E-state index contributed by atoms with van der Waals surface area (Å²) in [6, 6.07) is 7.63. The maximum absolute atomic E-state index is 11.5. The summed E-state index contributed by atoms with van der Waals surface area (Å²) >= 11 is 1.44. The molecule has 4 aromatic rings. The number of thiazole rings is 1. The van der Waals surface area contributed by atoms with Crippen LogP contribution in [0.2, 0.25) is 0 Å². The van der Waals surface area contributed by atoms with Gasteiger partial charge in [-0.25, -0.2) is 9.97 Å². The third-order valence-electron chi connectivity index (χ3n) is 4.94.